The number of amides is 1. The molecule has 0 aromatic carbocycles. The molecule has 7 heteroatoms. The summed E-state index contributed by atoms with van der Waals surface area (Å²) < 4.78 is 5.85. The Morgan fingerprint density at radius 1 is 1.07 bits per heavy atom. The largest absolute Gasteiger partial charge is 0.441 e. The molecule has 1 amide bonds. The Morgan fingerprint density at radius 3 is 2.56 bits per heavy atom. The maximum absolute atomic E-state index is 11.3. The number of hydrogen-bond donors (Lipinski definition) is 1. The molecular formula is C20H23N5O2. The van der Waals surface area contributed by atoms with Crippen LogP contribution in [0.1, 0.15) is 30.0 Å². The Hall–Kier alpha value is -3.06. The van der Waals surface area contributed by atoms with Gasteiger partial charge in [-0.15, -0.1) is 0 Å². The number of rotatable bonds is 8. The average molecular weight is 365 g/mol. The molecular weight excluding hydrogens is 342 g/mol. The first-order valence-electron chi connectivity index (χ1n) is 9.00. The first kappa shape index (κ1) is 18.7. The van der Waals surface area contributed by atoms with Crippen molar-refractivity contribution in [1.82, 2.24) is 19.9 Å². The number of oxazole rings is 1. The first-order valence-corrected chi connectivity index (χ1v) is 9.00. The fourth-order valence-electron chi connectivity index (χ4n) is 2.76. The lowest BCUT2D eigenvalue weighted by Crippen LogP contribution is -2.25. The third-order valence-electron chi connectivity index (χ3n) is 4.44. The van der Waals surface area contributed by atoms with Crippen LogP contribution < -0.4 is 5.73 Å². The summed E-state index contributed by atoms with van der Waals surface area (Å²) in [6, 6.07) is 6.90. The summed E-state index contributed by atoms with van der Waals surface area (Å²) >= 11 is 0. The fourth-order valence-corrected chi connectivity index (χ4v) is 2.76. The van der Waals surface area contributed by atoms with Crippen LogP contribution in [0, 0.1) is 0 Å². The van der Waals surface area contributed by atoms with Gasteiger partial charge in [0, 0.05) is 30.9 Å². The Kier molecular flexibility index (Phi) is 5.93. The summed E-state index contributed by atoms with van der Waals surface area (Å²) in [5.41, 5.74) is 7.74. The average Bonchev–Trinajstić information content (AvgIpc) is 3.18. The maximum atomic E-state index is 11.3. The van der Waals surface area contributed by atoms with Gasteiger partial charge in [-0.1, -0.05) is 13.8 Å². The predicted octanol–water partition coefficient (Wildman–Crippen LogP) is 2.78. The summed E-state index contributed by atoms with van der Waals surface area (Å²) in [6.07, 6.45) is 5.82. The van der Waals surface area contributed by atoms with Crippen molar-refractivity contribution in [3.05, 3.63) is 54.2 Å². The van der Waals surface area contributed by atoms with Crippen LogP contribution in [-0.4, -0.2) is 45.4 Å². The second-order valence-electron chi connectivity index (χ2n) is 6.13. The molecule has 0 aliphatic carbocycles. The molecule has 0 unspecified atom stereocenters. The smallest absolute Gasteiger partial charge is 0.248 e. The molecule has 7 nitrogen and oxygen atoms in total. The topological polar surface area (TPSA) is 98.1 Å². The Labute approximate surface area is 158 Å². The van der Waals surface area contributed by atoms with Crippen LogP contribution in [0.4, 0.5) is 0 Å². The van der Waals surface area contributed by atoms with Crippen molar-refractivity contribution in [3.63, 3.8) is 0 Å². The molecule has 0 radical (unpaired) electrons. The summed E-state index contributed by atoms with van der Waals surface area (Å²) in [5, 5.41) is 0. The molecule has 3 rings (SSSR count). The molecule has 0 atom stereocenters. The highest BCUT2D eigenvalue weighted by atomic mass is 16.4. The van der Waals surface area contributed by atoms with Gasteiger partial charge in [-0.3, -0.25) is 14.8 Å². The van der Waals surface area contributed by atoms with Crippen molar-refractivity contribution in [1.29, 1.82) is 0 Å². The number of likely N-dealkylation sites (N-methyl/N-ethyl adjacent to an activating group) is 1. The molecule has 0 aliphatic rings. The molecule has 0 fully saturated rings. The molecule has 27 heavy (non-hydrogen) atoms. The zero-order chi connectivity index (χ0) is 19.2. The zero-order valence-electron chi connectivity index (χ0n) is 15.6. The van der Waals surface area contributed by atoms with Crippen LogP contribution in [0.25, 0.3) is 22.8 Å². The first-order chi connectivity index (χ1) is 13.1. The molecule has 3 aromatic rings. The number of pyridine rings is 2. The van der Waals surface area contributed by atoms with Gasteiger partial charge in [0.1, 0.15) is 5.76 Å². The third kappa shape index (κ3) is 4.57. The number of nitrogens with two attached hydrogens (primary N) is 1. The summed E-state index contributed by atoms with van der Waals surface area (Å²) in [7, 11) is 0. The lowest BCUT2D eigenvalue weighted by molar-refractivity contribution is 0.1000. The van der Waals surface area contributed by atoms with E-state index in [4.69, 9.17) is 10.2 Å². The number of aromatic nitrogens is 3. The molecule has 0 bridgehead atoms. The van der Waals surface area contributed by atoms with E-state index in [-0.39, 0.29) is 0 Å². The van der Waals surface area contributed by atoms with E-state index < -0.39 is 5.91 Å². The van der Waals surface area contributed by atoms with Gasteiger partial charge in [-0.05, 0) is 37.4 Å². The van der Waals surface area contributed by atoms with Crippen molar-refractivity contribution in [2.75, 3.05) is 19.6 Å². The van der Waals surface area contributed by atoms with Crippen LogP contribution >= 0.6 is 0 Å². The van der Waals surface area contributed by atoms with Gasteiger partial charge in [0.25, 0.3) is 0 Å². The van der Waals surface area contributed by atoms with Crippen LogP contribution in [-0.2, 0) is 6.42 Å². The van der Waals surface area contributed by atoms with Gasteiger partial charge in [0.2, 0.25) is 11.8 Å². The number of carbonyl (C=O) groups is 1. The van der Waals surface area contributed by atoms with Gasteiger partial charge in [-0.2, -0.15) is 0 Å². The highest BCUT2D eigenvalue weighted by Gasteiger charge is 2.10. The normalized spacial score (nSPS) is 11.1. The minimum atomic E-state index is -0.493. The minimum absolute atomic E-state index is 0.399. The van der Waals surface area contributed by atoms with Crippen LogP contribution in [0.15, 0.2) is 47.3 Å². The van der Waals surface area contributed by atoms with Gasteiger partial charge >= 0.3 is 0 Å². The van der Waals surface area contributed by atoms with Gasteiger partial charge in [0.05, 0.1) is 23.1 Å². The van der Waals surface area contributed by atoms with Crippen molar-refractivity contribution < 1.29 is 9.21 Å². The van der Waals surface area contributed by atoms with Crippen molar-refractivity contribution >= 4 is 5.91 Å². The number of primary amides is 1. The highest BCUT2D eigenvalue weighted by Crippen LogP contribution is 2.22. The van der Waals surface area contributed by atoms with E-state index in [1.165, 1.54) is 0 Å². The number of carbonyl (C=O) groups excluding carboxylic acids is 1. The lowest BCUT2D eigenvalue weighted by atomic mass is 10.1. The van der Waals surface area contributed by atoms with E-state index in [1.807, 2.05) is 12.1 Å². The number of hydrogen-bond acceptors (Lipinski definition) is 6. The molecule has 2 N–H and O–H groups in total. The maximum Gasteiger partial charge on any atom is 0.248 e. The van der Waals surface area contributed by atoms with E-state index >= 15 is 0 Å². The van der Waals surface area contributed by atoms with Crippen LogP contribution in [0.2, 0.25) is 0 Å². The quantitative estimate of drug-likeness (QED) is 0.659. The van der Waals surface area contributed by atoms with Crippen molar-refractivity contribution in [2.24, 2.45) is 5.73 Å². The second-order valence-corrected chi connectivity index (χ2v) is 6.13. The van der Waals surface area contributed by atoms with Crippen LogP contribution in [0.3, 0.4) is 0 Å². The highest BCUT2D eigenvalue weighted by molar-refractivity contribution is 5.93. The SMILES string of the molecule is CCN(CC)CCc1cnc(-c2ccc(-c3cc(C(N)=O)ccn3)nc2)o1. The second kappa shape index (κ2) is 8.55. The van der Waals surface area contributed by atoms with Crippen LogP contribution in [0.5, 0.6) is 0 Å². The summed E-state index contributed by atoms with van der Waals surface area (Å²) in [6.45, 7) is 7.29. The van der Waals surface area contributed by atoms with Gasteiger partial charge in [-0.25, -0.2) is 4.98 Å². The van der Waals surface area contributed by atoms with E-state index in [0.29, 0.717) is 22.8 Å². The molecule has 140 valence electrons. The molecule has 3 heterocycles. The third-order valence-corrected chi connectivity index (χ3v) is 4.44. The van der Waals surface area contributed by atoms with E-state index in [2.05, 4.69) is 33.7 Å². The number of nitrogens with zero attached hydrogens (tertiary/aromatic N) is 4. The Bertz CT molecular complexity index is 901. The van der Waals surface area contributed by atoms with Gasteiger partial charge in [0.15, 0.2) is 0 Å². The lowest BCUT2D eigenvalue weighted by Gasteiger charge is -2.16. The molecule has 0 saturated heterocycles. The Morgan fingerprint density at radius 2 is 1.89 bits per heavy atom. The van der Waals surface area contributed by atoms with E-state index in [1.54, 1.807) is 30.7 Å². The fraction of sp³-hybridized carbons (Fsp3) is 0.300. The zero-order valence-corrected chi connectivity index (χ0v) is 15.6. The van der Waals surface area contributed by atoms with Crippen molar-refractivity contribution in [3.8, 4) is 22.8 Å². The van der Waals surface area contributed by atoms with E-state index in [9.17, 15) is 4.79 Å². The molecule has 0 spiro atoms. The molecule has 0 saturated carbocycles. The van der Waals surface area contributed by atoms with E-state index in [0.717, 1.165) is 37.4 Å². The Balaban J connectivity index is 1.72. The minimum Gasteiger partial charge on any atom is -0.441 e. The monoisotopic (exact) mass is 365 g/mol. The predicted molar refractivity (Wildman–Crippen MR) is 103 cm³/mol. The molecule has 3 aromatic heterocycles. The van der Waals surface area contributed by atoms with Crippen molar-refractivity contribution in [2.45, 2.75) is 20.3 Å². The van der Waals surface area contributed by atoms with Gasteiger partial charge < -0.3 is 15.1 Å². The standard InChI is InChI=1S/C20H23N5O2/c1-3-25(4-2)10-8-16-13-24-20(27-16)15-5-6-17(23-12-15)18-11-14(19(21)26)7-9-22-18/h5-7,9,11-13H,3-4,8,10H2,1-2H3,(H2,21,26). The molecule has 0 aliphatic heterocycles. The summed E-state index contributed by atoms with van der Waals surface area (Å²) in [4.78, 5) is 26.7. The summed E-state index contributed by atoms with van der Waals surface area (Å²) in [5.74, 6) is 0.909.